The van der Waals surface area contributed by atoms with E-state index in [1.165, 1.54) is 13.2 Å². The highest BCUT2D eigenvalue weighted by Gasteiger charge is 2.57. The summed E-state index contributed by atoms with van der Waals surface area (Å²) in [6, 6.07) is -0.686. The van der Waals surface area contributed by atoms with E-state index in [9.17, 15) is 32.7 Å². The van der Waals surface area contributed by atoms with Crippen molar-refractivity contribution >= 4 is 17.8 Å². The Kier molecular flexibility index (Phi) is 6.05. The van der Waals surface area contributed by atoms with E-state index < -0.39 is 60.5 Å². The Labute approximate surface area is 177 Å². The summed E-state index contributed by atoms with van der Waals surface area (Å²) in [5, 5.41) is 15.2. The number of carbonyl (C=O) groups is 3. The van der Waals surface area contributed by atoms with E-state index in [1.54, 1.807) is 0 Å². The van der Waals surface area contributed by atoms with Crippen LogP contribution in [0.25, 0.3) is 0 Å². The Hall–Kier alpha value is -2.63. The minimum absolute atomic E-state index is 0.0784. The lowest BCUT2D eigenvalue weighted by Gasteiger charge is -2.36. The number of nitrogens with one attached hydrogen (secondary N) is 2. The van der Waals surface area contributed by atoms with E-state index in [0.29, 0.717) is 6.42 Å². The average molecular weight is 445 g/mol. The van der Waals surface area contributed by atoms with Crippen LogP contribution in [0.3, 0.4) is 0 Å². The first kappa shape index (κ1) is 23.0. The molecule has 3 atom stereocenters. The van der Waals surface area contributed by atoms with Crippen molar-refractivity contribution in [2.24, 2.45) is 13.0 Å². The number of nitrogens with zero attached hydrogens (tertiary/aromatic N) is 3. The maximum Gasteiger partial charge on any atom is 0.424 e. The largest absolute Gasteiger partial charge is 0.424 e. The normalized spacial score (nSPS) is 26.1. The van der Waals surface area contributed by atoms with Crippen LogP contribution >= 0.6 is 0 Å². The van der Waals surface area contributed by atoms with Gasteiger partial charge in [0.1, 0.15) is 17.9 Å². The lowest BCUT2D eigenvalue weighted by Crippen LogP contribution is -2.54. The third-order valence-electron chi connectivity index (χ3n) is 6.27. The highest BCUT2D eigenvalue weighted by molar-refractivity contribution is 6.09. The molecule has 0 aromatic carbocycles. The first-order valence-corrected chi connectivity index (χ1v) is 10.1. The molecule has 1 spiro atoms. The van der Waals surface area contributed by atoms with Gasteiger partial charge < -0.3 is 20.3 Å². The minimum atomic E-state index is -5.02. The fraction of sp³-hybridized carbons (Fsp3) is 0.684. The standard InChI is InChI=1S/C19H26F3N5O4/c1-12-5-3-4-6-17(12)15(29)27(16(30)25-17)11-13(28)23-8-7-18(31,19(20,21)22)14-24-9-10-26(14)2/h9-10,12,31H,3-8,11H2,1-2H3,(H,23,28)(H,25,30). The lowest BCUT2D eigenvalue weighted by molar-refractivity contribution is -0.272. The monoisotopic (exact) mass is 445 g/mol. The van der Waals surface area contributed by atoms with E-state index >= 15 is 0 Å². The minimum Gasteiger partial charge on any atom is -0.374 e. The molecule has 1 saturated heterocycles. The van der Waals surface area contributed by atoms with Crippen molar-refractivity contribution in [3.63, 3.8) is 0 Å². The van der Waals surface area contributed by atoms with Crippen molar-refractivity contribution in [2.75, 3.05) is 13.1 Å². The van der Waals surface area contributed by atoms with Crippen molar-refractivity contribution in [3.8, 4) is 0 Å². The van der Waals surface area contributed by atoms with Crippen molar-refractivity contribution < 1.29 is 32.7 Å². The number of hydrogen-bond donors (Lipinski definition) is 3. The number of aromatic nitrogens is 2. The summed E-state index contributed by atoms with van der Waals surface area (Å²) in [5.41, 5.74) is -4.29. The molecule has 31 heavy (non-hydrogen) atoms. The topological polar surface area (TPSA) is 117 Å². The zero-order valence-corrected chi connectivity index (χ0v) is 17.3. The highest BCUT2D eigenvalue weighted by Crippen LogP contribution is 2.40. The molecule has 1 aliphatic heterocycles. The third kappa shape index (κ3) is 4.00. The van der Waals surface area contributed by atoms with Crippen LogP contribution in [0.2, 0.25) is 0 Å². The van der Waals surface area contributed by atoms with Gasteiger partial charge in [-0.3, -0.25) is 14.5 Å². The Morgan fingerprint density at radius 3 is 2.68 bits per heavy atom. The van der Waals surface area contributed by atoms with E-state index in [-0.39, 0.29) is 5.92 Å². The Morgan fingerprint density at radius 1 is 1.39 bits per heavy atom. The zero-order valence-electron chi connectivity index (χ0n) is 17.3. The van der Waals surface area contributed by atoms with Crippen molar-refractivity contribution in [3.05, 3.63) is 18.2 Å². The van der Waals surface area contributed by atoms with Crippen LogP contribution in [0.1, 0.15) is 44.9 Å². The predicted octanol–water partition coefficient (Wildman–Crippen LogP) is 1.18. The van der Waals surface area contributed by atoms with Crippen molar-refractivity contribution in [1.82, 2.24) is 25.1 Å². The molecular weight excluding hydrogens is 419 g/mol. The molecule has 1 aliphatic carbocycles. The number of halogens is 3. The maximum atomic E-state index is 13.5. The first-order valence-electron chi connectivity index (χ1n) is 10.1. The van der Waals surface area contributed by atoms with E-state index in [0.717, 1.165) is 34.9 Å². The molecule has 1 aromatic rings. The van der Waals surface area contributed by atoms with E-state index in [1.807, 2.05) is 6.92 Å². The molecule has 3 rings (SSSR count). The van der Waals surface area contributed by atoms with Gasteiger partial charge in [0.25, 0.3) is 5.91 Å². The summed E-state index contributed by atoms with van der Waals surface area (Å²) in [4.78, 5) is 41.8. The second-order valence-electron chi connectivity index (χ2n) is 8.26. The summed E-state index contributed by atoms with van der Waals surface area (Å²) in [5.74, 6) is -1.96. The van der Waals surface area contributed by atoms with Gasteiger partial charge in [0, 0.05) is 32.4 Å². The van der Waals surface area contributed by atoms with Crippen LogP contribution in [0, 0.1) is 5.92 Å². The summed E-state index contributed by atoms with van der Waals surface area (Å²) in [7, 11) is 1.32. The van der Waals surface area contributed by atoms with Gasteiger partial charge in [0.05, 0.1) is 0 Å². The van der Waals surface area contributed by atoms with Gasteiger partial charge in [-0.2, -0.15) is 13.2 Å². The van der Waals surface area contributed by atoms with Gasteiger partial charge in [-0.25, -0.2) is 9.78 Å². The lowest BCUT2D eigenvalue weighted by atomic mass is 9.73. The molecule has 12 heteroatoms. The number of rotatable bonds is 6. The van der Waals surface area contributed by atoms with E-state index in [2.05, 4.69) is 15.6 Å². The smallest absolute Gasteiger partial charge is 0.374 e. The third-order valence-corrected chi connectivity index (χ3v) is 6.27. The molecule has 1 aromatic heterocycles. The van der Waals surface area contributed by atoms with Gasteiger partial charge in [0.2, 0.25) is 11.5 Å². The molecule has 2 fully saturated rings. The van der Waals surface area contributed by atoms with Crippen molar-refractivity contribution in [2.45, 2.75) is 56.3 Å². The molecule has 2 heterocycles. The van der Waals surface area contributed by atoms with Crippen LogP contribution in [-0.4, -0.2) is 62.2 Å². The molecule has 4 amide bonds. The number of alkyl halides is 3. The van der Waals surface area contributed by atoms with Gasteiger partial charge in [-0.05, 0) is 18.8 Å². The molecular formula is C19H26F3N5O4. The van der Waals surface area contributed by atoms with Gasteiger partial charge in [-0.15, -0.1) is 0 Å². The fourth-order valence-corrected chi connectivity index (χ4v) is 4.37. The second-order valence-corrected chi connectivity index (χ2v) is 8.26. The van der Waals surface area contributed by atoms with Gasteiger partial charge >= 0.3 is 12.2 Å². The number of amides is 4. The second kappa shape index (κ2) is 8.13. The predicted molar refractivity (Wildman–Crippen MR) is 101 cm³/mol. The number of aryl methyl sites for hydroxylation is 1. The van der Waals surface area contributed by atoms with Crippen molar-refractivity contribution in [1.29, 1.82) is 0 Å². The molecule has 0 radical (unpaired) electrons. The molecule has 2 aliphatic rings. The summed E-state index contributed by atoms with van der Waals surface area (Å²) in [6.07, 6.45) is -0.521. The fourth-order valence-electron chi connectivity index (χ4n) is 4.37. The molecule has 1 saturated carbocycles. The van der Waals surface area contributed by atoms with Crippen LogP contribution in [0.4, 0.5) is 18.0 Å². The molecule has 0 bridgehead atoms. The number of aliphatic hydroxyl groups is 1. The SMILES string of the molecule is CC1CCCCC12NC(=O)N(CC(=O)NCCC(O)(c1nccn1C)C(F)(F)F)C2=O. The Morgan fingerprint density at radius 2 is 2.10 bits per heavy atom. The van der Waals surface area contributed by atoms with Crippen LogP contribution < -0.4 is 10.6 Å². The highest BCUT2D eigenvalue weighted by atomic mass is 19.4. The summed E-state index contributed by atoms with van der Waals surface area (Å²) in [6.45, 7) is 0.732. The number of carbonyl (C=O) groups excluding carboxylic acids is 3. The van der Waals surface area contributed by atoms with Crippen LogP contribution in [-0.2, 0) is 22.2 Å². The van der Waals surface area contributed by atoms with Gasteiger partial charge in [0.15, 0.2) is 0 Å². The summed E-state index contributed by atoms with van der Waals surface area (Å²) >= 11 is 0. The molecule has 3 unspecified atom stereocenters. The first-order chi connectivity index (χ1) is 14.4. The zero-order chi connectivity index (χ0) is 23.0. The summed E-state index contributed by atoms with van der Waals surface area (Å²) < 4.78 is 41.6. The van der Waals surface area contributed by atoms with Crippen LogP contribution in [0.5, 0.6) is 0 Å². The Bertz CT molecular complexity index is 873. The van der Waals surface area contributed by atoms with Crippen LogP contribution in [0.15, 0.2) is 12.4 Å². The molecule has 3 N–H and O–H groups in total. The van der Waals surface area contributed by atoms with Gasteiger partial charge in [-0.1, -0.05) is 19.8 Å². The number of urea groups is 1. The molecule has 172 valence electrons. The maximum absolute atomic E-state index is 13.5. The Balaban J connectivity index is 1.62. The molecule has 9 nitrogen and oxygen atoms in total. The number of imide groups is 1. The quantitative estimate of drug-likeness (QED) is 0.569. The average Bonchev–Trinajstić information content (AvgIpc) is 3.21. The van der Waals surface area contributed by atoms with E-state index in [4.69, 9.17) is 0 Å². The number of imidazole rings is 1. The number of hydrogen-bond acceptors (Lipinski definition) is 5.